The van der Waals surface area contributed by atoms with Gasteiger partial charge in [0, 0.05) is 17.3 Å². The first-order valence-electron chi connectivity index (χ1n) is 6.34. The Balaban J connectivity index is 3.12. The van der Waals surface area contributed by atoms with Crippen LogP contribution in [0.15, 0.2) is 0 Å². The summed E-state index contributed by atoms with van der Waals surface area (Å²) >= 11 is 6.04. The summed E-state index contributed by atoms with van der Waals surface area (Å²) in [5.74, 6) is 0.588. The van der Waals surface area contributed by atoms with E-state index in [1.807, 2.05) is 0 Å². The highest BCUT2D eigenvalue weighted by molar-refractivity contribution is 6.17. The number of nitrogens with zero attached hydrogens (tertiary/aromatic N) is 2. The zero-order chi connectivity index (χ0) is 12.1. The highest BCUT2D eigenvalue weighted by atomic mass is 35.5. The van der Waals surface area contributed by atoms with E-state index in [0.717, 1.165) is 12.8 Å². The third-order valence-electron chi connectivity index (χ3n) is 3.13. The van der Waals surface area contributed by atoms with Crippen LogP contribution >= 0.6 is 11.6 Å². The Kier molecular flexibility index (Phi) is 5.33. The van der Waals surface area contributed by atoms with Crippen molar-refractivity contribution in [1.29, 1.82) is 0 Å². The number of aromatic nitrogens is 2. The van der Waals surface area contributed by atoms with Gasteiger partial charge in [-0.15, -0.1) is 11.6 Å². The SMILES string of the molecule is CCCC(C)n1nc(CC)c(CCl)c1CC. The number of aryl methyl sites for hydroxylation is 1. The van der Waals surface area contributed by atoms with E-state index in [2.05, 4.69) is 32.4 Å². The molecule has 2 nitrogen and oxygen atoms in total. The largest absolute Gasteiger partial charge is 0.266 e. The van der Waals surface area contributed by atoms with Gasteiger partial charge in [-0.3, -0.25) is 4.68 Å². The van der Waals surface area contributed by atoms with Crippen molar-refractivity contribution in [3.8, 4) is 0 Å². The number of hydrogen-bond donors (Lipinski definition) is 0. The lowest BCUT2D eigenvalue weighted by Gasteiger charge is -2.14. The van der Waals surface area contributed by atoms with E-state index >= 15 is 0 Å². The van der Waals surface area contributed by atoms with Gasteiger partial charge >= 0.3 is 0 Å². The zero-order valence-corrected chi connectivity index (χ0v) is 11.6. The molecule has 1 aromatic heterocycles. The number of hydrogen-bond acceptors (Lipinski definition) is 1. The molecule has 16 heavy (non-hydrogen) atoms. The Morgan fingerprint density at radius 3 is 2.38 bits per heavy atom. The molecule has 1 heterocycles. The second-order valence-corrected chi connectivity index (χ2v) is 4.56. The van der Waals surface area contributed by atoms with Crippen LogP contribution < -0.4 is 0 Å². The Morgan fingerprint density at radius 2 is 1.94 bits per heavy atom. The summed E-state index contributed by atoms with van der Waals surface area (Å²) in [5.41, 5.74) is 3.76. The van der Waals surface area contributed by atoms with Gasteiger partial charge in [-0.1, -0.05) is 27.2 Å². The standard InChI is InChI=1S/C13H23ClN2/c1-5-8-10(4)16-13(7-3)11(9-14)12(6-2)15-16/h10H,5-9H2,1-4H3. The van der Waals surface area contributed by atoms with Crippen LogP contribution in [0.25, 0.3) is 0 Å². The monoisotopic (exact) mass is 242 g/mol. The molecule has 0 saturated heterocycles. The fourth-order valence-corrected chi connectivity index (χ4v) is 2.58. The molecular formula is C13H23ClN2. The average Bonchev–Trinajstić information content (AvgIpc) is 2.66. The van der Waals surface area contributed by atoms with Crippen LogP contribution in [-0.2, 0) is 18.7 Å². The van der Waals surface area contributed by atoms with Gasteiger partial charge in [0.25, 0.3) is 0 Å². The summed E-state index contributed by atoms with van der Waals surface area (Å²) in [7, 11) is 0. The molecular weight excluding hydrogens is 220 g/mol. The molecule has 0 aliphatic heterocycles. The number of halogens is 1. The van der Waals surface area contributed by atoms with Crippen molar-refractivity contribution in [3.63, 3.8) is 0 Å². The van der Waals surface area contributed by atoms with Gasteiger partial charge in [0.05, 0.1) is 11.6 Å². The van der Waals surface area contributed by atoms with Gasteiger partial charge < -0.3 is 0 Å². The first-order valence-corrected chi connectivity index (χ1v) is 6.87. The highest BCUT2D eigenvalue weighted by Gasteiger charge is 2.17. The Labute approximate surface area is 104 Å². The Hall–Kier alpha value is -0.500. The summed E-state index contributed by atoms with van der Waals surface area (Å²) in [5, 5.41) is 4.72. The molecule has 0 radical (unpaired) electrons. The lowest BCUT2D eigenvalue weighted by atomic mass is 10.1. The second-order valence-electron chi connectivity index (χ2n) is 4.29. The van der Waals surface area contributed by atoms with E-state index in [-0.39, 0.29) is 0 Å². The molecule has 0 saturated carbocycles. The summed E-state index contributed by atoms with van der Waals surface area (Å²) < 4.78 is 2.19. The van der Waals surface area contributed by atoms with E-state index < -0.39 is 0 Å². The molecule has 1 rings (SSSR count). The quantitative estimate of drug-likeness (QED) is 0.687. The second kappa shape index (κ2) is 6.29. The predicted octanol–water partition coefficient (Wildman–Crippen LogP) is 4.11. The fourth-order valence-electron chi connectivity index (χ4n) is 2.27. The van der Waals surface area contributed by atoms with E-state index in [1.165, 1.54) is 29.8 Å². The minimum Gasteiger partial charge on any atom is -0.266 e. The van der Waals surface area contributed by atoms with Gasteiger partial charge in [0.15, 0.2) is 0 Å². The molecule has 0 N–H and O–H groups in total. The minimum absolute atomic E-state index is 0.488. The highest BCUT2D eigenvalue weighted by Crippen LogP contribution is 2.23. The molecule has 0 aromatic carbocycles. The number of alkyl halides is 1. The molecule has 0 bridgehead atoms. The van der Waals surface area contributed by atoms with Crippen molar-refractivity contribution in [2.45, 2.75) is 65.3 Å². The summed E-state index contributed by atoms with van der Waals surface area (Å²) in [4.78, 5) is 0. The summed E-state index contributed by atoms with van der Waals surface area (Å²) in [6, 6.07) is 0.488. The maximum absolute atomic E-state index is 6.04. The normalized spacial score (nSPS) is 13.1. The van der Waals surface area contributed by atoms with Gasteiger partial charge in [-0.25, -0.2) is 0 Å². The molecule has 1 aromatic rings. The van der Waals surface area contributed by atoms with Crippen LogP contribution in [0.5, 0.6) is 0 Å². The van der Waals surface area contributed by atoms with Crippen molar-refractivity contribution >= 4 is 11.6 Å². The maximum atomic E-state index is 6.04. The van der Waals surface area contributed by atoms with Crippen molar-refractivity contribution in [2.75, 3.05) is 0 Å². The van der Waals surface area contributed by atoms with Crippen LogP contribution in [0, 0.1) is 0 Å². The molecule has 0 fully saturated rings. The van der Waals surface area contributed by atoms with Crippen LogP contribution in [0.2, 0.25) is 0 Å². The van der Waals surface area contributed by atoms with Crippen molar-refractivity contribution < 1.29 is 0 Å². The Bertz CT molecular complexity index is 331. The molecule has 0 amide bonds. The van der Waals surface area contributed by atoms with Gasteiger partial charge in [0.1, 0.15) is 0 Å². The van der Waals surface area contributed by atoms with Crippen molar-refractivity contribution in [3.05, 3.63) is 17.0 Å². The van der Waals surface area contributed by atoms with Gasteiger partial charge in [-0.05, 0) is 26.2 Å². The lowest BCUT2D eigenvalue weighted by Crippen LogP contribution is -2.10. The van der Waals surface area contributed by atoms with Crippen LogP contribution in [0.3, 0.4) is 0 Å². The first kappa shape index (κ1) is 13.6. The van der Waals surface area contributed by atoms with Crippen LogP contribution in [-0.4, -0.2) is 9.78 Å². The molecule has 1 atom stereocenters. The summed E-state index contributed by atoms with van der Waals surface area (Å²) in [6.07, 6.45) is 4.37. The molecule has 1 unspecified atom stereocenters. The third-order valence-corrected chi connectivity index (χ3v) is 3.40. The van der Waals surface area contributed by atoms with Crippen molar-refractivity contribution in [2.24, 2.45) is 0 Å². The number of rotatable bonds is 6. The maximum Gasteiger partial charge on any atom is 0.0669 e. The van der Waals surface area contributed by atoms with Crippen LogP contribution in [0.4, 0.5) is 0 Å². The molecule has 3 heteroatoms. The summed E-state index contributed by atoms with van der Waals surface area (Å²) in [6.45, 7) is 8.79. The van der Waals surface area contributed by atoms with E-state index in [9.17, 15) is 0 Å². The molecule has 0 aliphatic carbocycles. The van der Waals surface area contributed by atoms with Crippen molar-refractivity contribution in [1.82, 2.24) is 9.78 Å². The fraction of sp³-hybridized carbons (Fsp3) is 0.769. The lowest BCUT2D eigenvalue weighted by molar-refractivity contribution is 0.438. The average molecular weight is 243 g/mol. The molecule has 0 spiro atoms. The van der Waals surface area contributed by atoms with E-state index in [4.69, 9.17) is 16.7 Å². The van der Waals surface area contributed by atoms with E-state index in [0.29, 0.717) is 11.9 Å². The topological polar surface area (TPSA) is 17.8 Å². The molecule has 92 valence electrons. The van der Waals surface area contributed by atoms with Gasteiger partial charge in [-0.2, -0.15) is 5.10 Å². The first-order chi connectivity index (χ1) is 7.69. The van der Waals surface area contributed by atoms with Crippen LogP contribution in [0.1, 0.15) is 63.5 Å². The van der Waals surface area contributed by atoms with Gasteiger partial charge in [0.2, 0.25) is 0 Å². The van der Waals surface area contributed by atoms with E-state index in [1.54, 1.807) is 0 Å². The minimum atomic E-state index is 0.488. The predicted molar refractivity (Wildman–Crippen MR) is 70.2 cm³/mol. The molecule has 0 aliphatic rings. The third kappa shape index (κ3) is 2.60. The smallest absolute Gasteiger partial charge is 0.0669 e. The Morgan fingerprint density at radius 1 is 1.25 bits per heavy atom. The zero-order valence-electron chi connectivity index (χ0n) is 10.9.